The Hall–Kier alpha value is -3.63. The Morgan fingerprint density at radius 1 is 1.11 bits per heavy atom. The van der Waals surface area contributed by atoms with Crippen LogP contribution in [-0.4, -0.2) is 66.5 Å². The third-order valence-corrected chi connectivity index (χ3v) is 5.21. The number of esters is 1. The van der Waals surface area contributed by atoms with Gasteiger partial charge in [0.2, 0.25) is 17.7 Å². The molecule has 0 spiro atoms. The second-order valence-corrected chi connectivity index (χ2v) is 9.38. The van der Waals surface area contributed by atoms with Gasteiger partial charge in [-0.15, -0.1) is 0 Å². The van der Waals surface area contributed by atoms with Crippen molar-refractivity contribution in [3.8, 4) is 0 Å². The van der Waals surface area contributed by atoms with E-state index in [4.69, 9.17) is 10.5 Å². The molecule has 0 bridgehead atoms. The van der Waals surface area contributed by atoms with Crippen molar-refractivity contribution < 1.29 is 33.4 Å². The summed E-state index contributed by atoms with van der Waals surface area (Å²) >= 11 is 0. The smallest absolute Gasteiger partial charge is 0.408 e. The normalized spacial score (nSPS) is 12.6. The van der Waals surface area contributed by atoms with Gasteiger partial charge in [-0.1, -0.05) is 23.8 Å². The minimum Gasteiger partial charge on any atom is -0.468 e. The molecular formula is C25H38N4O7. The summed E-state index contributed by atoms with van der Waals surface area (Å²) in [4.78, 5) is 63.8. The number of hydrogen-bond donors (Lipinski definition) is 3. The van der Waals surface area contributed by atoms with Gasteiger partial charge in [-0.05, 0) is 59.1 Å². The van der Waals surface area contributed by atoms with E-state index in [0.29, 0.717) is 5.56 Å². The molecule has 0 heterocycles. The van der Waals surface area contributed by atoms with Crippen LogP contribution in [0.25, 0.3) is 0 Å². The summed E-state index contributed by atoms with van der Waals surface area (Å²) in [5.41, 5.74) is 6.73. The number of carbonyl (C=O) groups excluding carboxylic acids is 5. The number of nitrogens with one attached hydrogen (secondary N) is 2. The summed E-state index contributed by atoms with van der Waals surface area (Å²) in [6, 6.07) is 3.11. The molecule has 0 saturated heterocycles. The minimum absolute atomic E-state index is 0.0888. The van der Waals surface area contributed by atoms with Gasteiger partial charge in [-0.2, -0.15) is 0 Å². The van der Waals surface area contributed by atoms with Crippen LogP contribution in [0.2, 0.25) is 0 Å². The number of carbonyl (C=O) groups is 5. The van der Waals surface area contributed by atoms with E-state index in [0.717, 1.165) is 11.1 Å². The first-order chi connectivity index (χ1) is 16.7. The summed E-state index contributed by atoms with van der Waals surface area (Å²) in [5, 5.41) is 5.02. The van der Waals surface area contributed by atoms with E-state index in [1.807, 2.05) is 26.0 Å². The first kappa shape index (κ1) is 30.4. The number of ether oxygens (including phenoxy) is 2. The number of likely N-dealkylation sites (N-methyl/N-ethyl adjacent to an activating group) is 1. The Bertz CT molecular complexity index is 972. The van der Waals surface area contributed by atoms with E-state index in [1.165, 1.54) is 12.0 Å². The molecule has 0 radical (unpaired) electrons. The lowest BCUT2D eigenvalue weighted by molar-refractivity contribution is -0.144. The lowest BCUT2D eigenvalue weighted by Crippen LogP contribution is -2.53. The third kappa shape index (κ3) is 9.55. The lowest BCUT2D eigenvalue weighted by Gasteiger charge is -2.34. The molecule has 0 fully saturated rings. The van der Waals surface area contributed by atoms with Gasteiger partial charge in [-0.3, -0.25) is 19.2 Å². The van der Waals surface area contributed by atoms with Gasteiger partial charge < -0.3 is 30.7 Å². The molecule has 0 aliphatic carbocycles. The number of primary amides is 1. The van der Waals surface area contributed by atoms with E-state index in [2.05, 4.69) is 15.4 Å². The van der Waals surface area contributed by atoms with Gasteiger partial charge in [0.15, 0.2) is 0 Å². The molecule has 1 rings (SSSR count). The van der Waals surface area contributed by atoms with Crippen LogP contribution in [0.4, 0.5) is 4.79 Å². The quantitative estimate of drug-likeness (QED) is 0.385. The number of methoxy groups -OCH3 is 1. The SMILES string of the molecule is CCN(C(=O)C(CCC(N)=O)NC(=O)OC(C)(C)C)C(C(=O)NCC(=O)OC)c1ccc(C)cc1C. The second kappa shape index (κ2) is 13.5. The van der Waals surface area contributed by atoms with E-state index in [9.17, 15) is 24.0 Å². The van der Waals surface area contributed by atoms with Crippen molar-refractivity contribution in [2.75, 3.05) is 20.2 Å². The van der Waals surface area contributed by atoms with Gasteiger partial charge in [-0.25, -0.2) is 4.79 Å². The van der Waals surface area contributed by atoms with Gasteiger partial charge >= 0.3 is 12.1 Å². The summed E-state index contributed by atoms with van der Waals surface area (Å²) in [6.07, 6.45) is -1.11. The maximum absolute atomic E-state index is 13.7. The predicted octanol–water partition coefficient (Wildman–Crippen LogP) is 1.64. The average Bonchev–Trinajstić information content (AvgIpc) is 2.77. The van der Waals surface area contributed by atoms with Crippen LogP contribution < -0.4 is 16.4 Å². The molecule has 2 unspecified atom stereocenters. The molecular weight excluding hydrogens is 468 g/mol. The first-order valence-corrected chi connectivity index (χ1v) is 11.7. The van der Waals surface area contributed by atoms with Crippen LogP contribution in [0.5, 0.6) is 0 Å². The Morgan fingerprint density at radius 3 is 2.25 bits per heavy atom. The van der Waals surface area contributed by atoms with Crippen molar-refractivity contribution in [3.63, 3.8) is 0 Å². The largest absolute Gasteiger partial charge is 0.468 e. The molecule has 1 aromatic carbocycles. The average molecular weight is 507 g/mol. The monoisotopic (exact) mass is 506 g/mol. The van der Waals surface area contributed by atoms with Gasteiger partial charge in [0.25, 0.3) is 0 Å². The van der Waals surface area contributed by atoms with Gasteiger partial charge in [0.1, 0.15) is 24.2 Å². The molecule has 1 aromatic rings. The number of nitrogens with zero attached hydrogens (tertiary/aromatic N) is 1. The van der Waals surface area contributed by atoms with Gasteiger partial charge in [0.05, 0.1) is 7.11 Å². The Labute approximate surface area is 212 Å². The maximum atomic E-state index is 13.7. The third-order valence-electron chi connectivity index (χ3n) is 5.21. The van der Waals surface area contributed by atoms with Gasteiger partial charge in [0, 0.05) is 13.0 Å². The lowest BCUT2D eigenvalue weighted by atomic mass is 9.96. The highest BCUT2D eigenvalue weighted by Gasteiger charge is 2.36. The summed E-state index contributed by atoms with van der Waals surface area (Å²) in [6.45, 7) is 10.1. The summed E-state index contributed by atoms with van der Waals surface area (Å²) < 4.78 is 9.87. The van der Waals surface area contributed by atoms with E-state index < -0.39 is 47.5 Å². The zero-order valence-corrected chi connectivity index (χ0v) is 22.1. The van der Waals surface area contributed by atoms with Crippen LogP contribution in [-0.2, 0) is 28.7 Å². The molecule has 2 atom stereocenters. The standard InChI is InChI=1S/C25H38N4O7/c1-8-29(23(33)18(11-12-19(26)30)28-24(34)36-25(4,5)6)21(22(32)27-14-20(31)35-7)17-10-9-15(2)13-16(17)3/h9-10,13,18,21H,8,11-12,14H2,1-7H3,(H2,26,30)(H,27,32)(H,28,34). The molecule has 0 aromatic heterocycles. The molecule has 36 heavy (non-hydrogen) atoms. The highest BCUT2D eigenvalue weighted by molar-refractivity contribution is 5.93. The molecule has 0 aliphatic heterocycles. The fourth-order valence-corrected chi connectivity index (χ4v) is 3.57. The van der Waals surface area contributed by atoms with Crippen molar-refractivity contribution in [1.29, 1.82) is 0 Å². The molecule has 11 nitrogen and oxygen atoms in total. The molecule has 4 N–H and O–H groups in total. The van der Waals surface area contributed by atoms with Crippen molar-refractivity contribution in [3.05, 3.63) is 34.9 Å². The van der Waals surface area contributed by atoms with Crippen molar-refractivity contribution in [1.82, 2.24) is 15.5 Å². The Balaban J connectivity index is 3.42. The van der Waals surface area contributed by atoms with Crippen LogP contribution in [0, 0.1) is 13.8 Å². The Morgan fingerprint density at radius 2 is 1.75 bits per heavy atom. The predicted molar refractivity (Wildman–Crippen MR) is 133 cm³/mol. The van der Waals surface area contributed by atoms with Crippen molar-refractivity contribution in [2.24, 2.45) is 5.73 Å². The minimum atomic E-state index is -1.19. The Kier molecular flexibility index (Phi) is 11.4. The molecule has 200 valence electrons. The molecule has 4 amide bonds. The highest BCUT2D eigenvalue weighted by Crippen LogP contribution is 2.26. The maximum Gasteiger partial charge on any atom is 0.408 e. The fourth-order valence-electron chi connectivity index (χ4n) is 3.57. The number of alkyl carbamates (subject to hydrolysis) is 1. The number of aryl methyl sites for hydroxylation is 2. The number of nitrogens with two attached hydrogens (primary N) is 1. The van der Waals surface area contributed by atoms with Crippen LogP contribution in [0.1, 0.15) is 63.3 Å². The first-order valence-electron chi connectivity index (χ1n) is 11.7. The zero-order chi connectivity index (χ0) is 27.6. The highest BCUT2D eigenvalue weighted by atomic mass is 16.6. The van der Waals surface area contributed by atoms with Crippen molar-refractivity contribution in [2.45, 2.75) is 72.1 Å². The second-order valence-electron chi connectivity index (χ2n) is 9.38. The summed E-state index contributed by atoms with van der Waals surface area (Å²) in [7, 11) is 1.20. The van der Waals surface area contributed by atoms with Crippen LogP contribution in [0.15, 0.2) is 18.2 Å². The van der Waals surface area contributed by atoms with Crippen LogP contribution >= 0.6 is 0 Å². The topological polar surface area (TPSA) is 157 Å². The van der Waals surface area contributed by atoms with E-state index in [-0.39, 0.29) is 25.9 Å². The van der Waals surface area contributed by atoms with E-state index in [1.54, 1.807) is 33.8 Å². The van der Waals surface area contributed by atoms with Crippen molar-refractivity contribution >= 4 is 29.8 Å². The number of benzene rings is 1. The molecule has 11 heteroatoms. The zero-order valence-electron chi connectivity index (χ0n) is 22.1. The molecule has 0 aliphatic rings. The van der Waals surface area contributed by atoms with Crippen LogP contribution in [0.3, 0.4) is 0 Å². The molecule has 0 saturated carbocycles. The number of rotatable bonds is 11. The fraction of sp³-hybridized carbons (Fsp3) is 0.560. The van der Waals surface area contributed by atoms with E-state index >= 15 is 0 Å². The number of hydrogen-bond acceptors (Lipinski definition) is 7. The summed E-state index contributed by atoms with van der Waals surface area (Å²) in [5.74, 6) is -2.51. The number of amides is 4.